The molecule has 2 rings (SSSR count). The molecular formula is C14H10F3O. The van der Waals surface area contributed by atoms with E-state index in [4.69, 9.17) is 4.74 Å². The molecule has 0 N–H and O–H groups in total. The van der Waals surface area contributed by atoms with Crippen LogP contribution in [0, 0.1) is 6.07 Å². The van der Waals surface area contributed by atoms with E-state index in [1.807, 2.05) is 0 Å². The van der Waals surface area contributed by atoms with Crippen LogP contribution in [-0.4, -0.2) is 7.11 Å². The zero-order valence-corrected chi connectivity index (χ0v) is 9.58. The minimum Gasteiger partial charge on any atom is -0.497 e. The highest BCUT2D eigenvalue weighted by molar-refractivity contribution is 5.68. The fourth-order valence-corrected chi connectivity index (χ4v) is 1.68. The van der Waals surface area contributed by atoms with Crippen molar-refractivity contribution in [2.45, 2.75) is 6.18 Å². The van der Waals surface area contributed by atoms with Crippen molar-refractivity contribution in [3.8, 4) is 16.9 Å². The molecule has 2 aromatic rings. The number of ether oxygens (including phenoxy) is 1. The maximum absolute atomic E-state index is 12.8. The third-order valence-electron chi connectivity index (χ3n) is 2.54. The fourth-order valence-electron chi connectivity index (χ4n) is 1.68. The Kier molecular flexibility index (Phi) is 3.28. The van der Waals surface area contributed by atoms with Gasteiger partial charge in [0.25, 0.3) is 0 Å². The zero-order valence-electron chi connectivity index (χ0n) is 9.58. The van der Waals surface area contributed by atoms with Crippen molar-refractivity contribution >= 4 is 0 Å². The van der Waals surface area contributed by atoms with Crippen LogP contribution in [0.25, 0.3) is 11.1 Å². The van der Waals surface area contributed by atoms with Gasteiger partial charge in [-0.05, 0) is 29.3 Å². The van der Waals surface area contributed by atoms with Gasteiger partial charge >= 0.3 is 6.18 Å². The van der Waals surface area contributed by atoms with Crippen LogP contribution in [0.1, 0.15) is 5.56 Å². The van der Waals surface area contributed by atoms with Crippen LogP contribution in [0.4, 0.5) is 13.2 Å². The van der Waals surface area contributed by atoms with E-state index in [1.165, 1.54) is 25.3 Å². The van der Waals surface area contributed by atoms with E-state index in [1.54, 1.807) is 24.3 Å². The summed E-state index contributed by atoms with van der Waals surface area (Å²) in [7, 11) is 1.51. The van der Waals surface area contributed by atoms with Gasteiger partial charge in [0.2, 0.25) is 0 Å². The topological polar surface area (TPSA) is 9.23 Å². The van der Waals surface area contributed by atoms with E-state index < -0.39 is 11.7 Å². The summed E-state index contributed by atoms with van der Waals surface area (Å²) >= 11 is 0. The predicted octanol–water partition coefficient (Wildman–Crippen LogP) is 4.18. The van der Waals surface area contributed by atoms with Gasteiger partial charge in [0.15, 0.2) is 0 Å². The monoisotopic (exact) mass is 251 g/mol. The number of benzene rings is 2. The molecule has 4 heteroatoms. The van der Waals surface area contributed by atoms with Crippen LogP contribution in [0.2, 0.25) is 0 Å². The van der Waals surface area contributed by atoms with Gasteiger partial charge < -0.3 is 4.74 Å². The Bertz CT molecular complexity index is 529. The van der Waals surface area contributed by atoms with E-state index in [-0.39, 0.29) is 5.56 Å². The summed E-state index contributed by atoms with van der Waals surface area (Å²) in [6.07, 6.45) is -4.41. The summed E-state index contributed by atoms with van der Waals surface area (Å²) in [4.78, 5) is 0. The number of halogens is 3. The highest BCUT2D eigenvalue weighted by Gasteiger charge is 2.33. The van der Waals surface area contributed by atoms with Gasteiger partial charge in [-0.3, -0.25) is 0 Å². The van der Waals surface area contributed by atoms with Gasteiger partial charge in [-0.25, -0.2) is 0 Å². The van der Waals surface area contributed by atoms with Gasteiger partial charge in [0.1, 0.15) is 5.75 Å². The second kappa shape index (κ2) is 4.72. The second-order valence-corrected chi connectivity index (χ2v) is 3.69. The summed E-state index contributed by atoms with van der Waals surface area (Å²) in [6, 6.07) is 12.9. The van der Waals surface area contributed by atoms with Crippen LogP contribution >= 0.6 is 0 Å². The smallest absolute Gasteiger partial charge is 0.417 e. The summed E-state index contributed by atoms with van der Waals surface area (Å²) in [6.45, 7) is 0. The molecule has 1 radical (unpaired) electrons. The molecule has 0 amide bonds. The summed E-state index contributed by atoms with van der Waals surface area (Å²) in [5.74, 6) is 0.604. The maximum atomic E-state index is 12.8. The van der Waals surface area contributed by atoms with Crippen molar-refractivity contribution < 1.29 is 17.9 Å². The molecule has 0 bridgehead atoms. The molecule has 1 nitrogen and oxygen atoms in total. The molecule has 0 saturated carbocycles. The Morgan fingerprint density at radius 2 is 1.72 bits per heavy atom. The lowest BCUT2D eigenvalue weighted by atomic mass is 9.99. The first-order chi connectivity index (χ1) is 8.52. The Balaban J connectivity index is 2.50. The summed E-state index contributed by atoms with van der Waals surface area (Å²) < 4.78 is 43.4. The van der Waals surface area contributed by atoms with E-state index in [0.29, 0.717) is 11.3 Å². The number of rotatable bonds is 2. The average Bonchev–Trinajstić information content (AvgIpc) is 2.38. The fraction of sp³-hybridized carbons (Fsp3) is 0.143. The second-order valence-electron chi connectivity index (χ2n) is 3.69. The normalized spacial score (nSPS) is 11.3. The lowest BCUT2D eigenvalue weighted by Gasteiger charge is -2.12. The zero-order chi connectivity index (χ0) is 13.2. The summed E-state index contributed by atoms with van der Waals surface area (Å²) in [5.41, 5.74) is -0.150. The quantitative estimate of drug-likeness (QED) is 0.778. The minimum absolute atomic E-state index is 0.118. The molecule has 0 aliphatic rings. The maximum Gasteiger partial charge on any atom is 0.417 e. The predicted molar refractivity (Wildman–Crippen MR) is 62.3 cm³/mol. The van der Waals surface area contributed by atoms with E-state index in [0.717, 1.165) is 0 Å². The third-order valence-corrected chi connectivity index (χ3v) is 2.54. The molecule has 2 aromatic carbocycles. The number of methoxy groups -OCH3 is 1. The van der Waals surface area contributed by atoms with Crippen LogP contribution in [0.5, 0.6) is 5.75 Å². The Labute approximate surface area is 103 Å². The molecule has 0 heterocycles. The molecule has 0 aromatic heterocycles. The number of alkyl halides is 3. The molecule has 0 atom stereocenters. The van der Waals surface area contributed by atoms with E-state index in [9.17, 15) is 13.2 Å². The highest BCUT2D eigenvalue weighted by Crippen LogP contribution is 2.36. The van der Waals surface area contributed by atoms with E-state index >= 15 is 0 Å². The molecule has 0 aliphatic carbocycles. The molecule has 0 saturated heterocycles. The van der Waals surface area contributed by atoms with Gasteiger partial charge in [0, 0.05) is 0 Å². The molecule has 0 aliphatic heterocycles. The molecular weight excluding hydrogens is 241 g/mol. The Morgan fingerprint density at radius 1 is 1.06 bits per heavy atom. The van der Waals surface area contributed by atoms with Crippen molar-refractivity contribution in [1.29, 1.82) is 0 Å². The standard InChI is InChI=1S/C14H10F3O/c1-18-11-8-6-10(7-9-11)12-4-2-3-5-13(12)14(15,16)17/h2-4,6-9H,1H3. The van der Waals surface area contributed by atoms with Crippen LogP contribution in [0.3, 0.4) is 0 Å². The summed E-state index contributed by atoms with van der Waals surface area (Å²) in [5, 5.41) is 0. The van der Waals surface area contributed by atoms with Gasteiger partial charge in [0.05, 0.1) is 12.7 Å². The van der Waals surface area contributed by atoms with Crippen LogP contribution in [-0.2, 0) is 6.18 Å². The molecule has 0 fully saturated rings. The van der Waals surface area contributed by atoms with Crippen LogP contribution < -0.4 is 4.74 Å². The highest BCUT2D eigenvalue weighted by atomic mass is 19.4. The number of hydrogen-bond acceptors (Lipinski definition) is 1. The van der Waals surface area contributed by atoms with Gasteiger partial charge in [-0.2, -0.15) is 13.2 Å². The van der Waals surface area contributed by atoms with Crippen molar-refractivity contribution in [3.63, 3.8) is 0 Å². The van der Waals surface area contributed by atoms with E-state index in [2.05, 4.69) is 6.07 Å². The molecule has 0 spiro atoms. The third kappa shape index (κ3) is 2.47. The first-order valence-electron chi connectivity index (χ1n) is 5.24. The van der Waals surface area contributed by atoms with Crippen LogP contribution in [0.15, 0.2) is 42.5 Å². The molecule has 18 heavy (non-hydrogen) atoms. The number of hydrogen-bond donors (Lipinski definition) is 0. The first kappa shape index (κ1) is 12.5. The largest absolute Gasteiger partial charge is 0.497 e. The van der Waals surface area contributed by atoms with Gasteiger partial charge in [-0.15, -0.1) is 0 Å². The van der Waals surface area contributed by atoms with Crippen molar-refractivity contribution in [3.05, 3.63) is 54.1 Å². The lowest BCUT2D eigenvalue weighted by Crippen LogP contribution is -2.07. The Morgan fingerprint density at radius 3 is 2.28 bits per heavy atom. The van der Waals surface area contributed by atoms with Crippen molar-refractivity contribution in [2.75, 3.05) is 7.11 Å². The lowest BCUT2D eigenvalue weighted by molar-refractivity contribution is -0.137. The van der Waals surface area contributed by atoms with Crippen molar-refractivity contribution in [1.82, 2.24) is 0 Å². The first-order valence-corrected chi connectivity index (χ1v) is 5.24. The molecule has 0 unspecified atom stereocenters. The SMILES string of the molecule is COc1ccc(-c2ccc[c]c2C(F)(F)F)cc1. The van der Waals surface area contributed by atoms with Crippen molar-refractivity contribution in [2.24, 2.45) is 0 Å². The molecule has 93 valence electrons. The minimum atomic E-state index is -4.41. The van der Waals surface area contributed by atoms with Gasteiger partial charge in [-0.1, -0.05) is 30.3 Å². The average molecular weight is 251 g/mol. The Hall–Kier alpha value is -1.97.